The lowest BCUT2D eigenvalue weighted by molar-refractivity contribution is 0.0589. The number of hydrogen-bond acceptors (Lipinski definition) is 12. The second kappa shape index (κ2) is 13.1. The molecule has 0 saturated heterocycles. The number of carbonyl (C=O) groups excluding carboxylic acids is 3. The van der Waals surface area contributed by atoms with E-state index in [0.29, 0.717) is 5.75 Å². The van der Waals surface area contributed by atoms with Crippen molar-refractivity contribution < 1.29 is 57.0 Å². The summed E-state index contributed by atoms with van der Waals surface area (Å²) in [6, 6.07) is 9.47. The third-order valence-corrected chi connectivity index (χ3v) is 5.57. The Morgan fingerprint density at radius 1 is 0.475 bits per heavy atom. The Bertz CT molecular complexity index is 1360. The Morgan fingerprint density at radius 3 is 1.27 bits per heavy atom. The molecule has 0 bridgehead atoms. The van der Waals surface area contributed by atoms with Crippen LogP contribution in [0.5, 0.6) is 46.0 Å². The zero-order valence-corrected chi connectivity index (χ0v) is 22.9. The van der Waals surface area contributed by atoms with Crippen LogP contribution < -0.4 is 37.9 Å². The Labute approximate surface area is 230 Å². The SMILES string of the molecule is COC(=O)c1cc(OC(=O)c2cc(OC)c(OC)c(OC)c2)ccc1OC(=O)c1cc(OC)c(OC)c(OC)c1. The molecule has 212 valence electrons. The standard InChI is InChI=1S/C28H28O12/c1-32-20-10-15(11-21(33-2)24(20)36-5)26(29)39-17-8-9-19(18(14-17)28(31)38-7)40-27(30)16-12-22(34-3)25(37-6)23(13-16)35-4/h8-14H,1-7H3. The molecule has 0 saturated carbocycles. The van der Waals surface area contributed by atoms with Crippen LogP contribution in [0.15, 0.2) is 42.5 Å². The lowest BCUT2D eigenvalue weighted by atomic mass is 10.1. The van der Waals surface area contributed by atoms with E-state index >= 15 is 0 Å². The average Bonchev–Trinajstić information content (AvgIpc) is 2.99. The Kier molecular flexibility index (Phi) is 9.63. The van der Waals surface area contributed by atoms with E-state index in [1.165, 1.54) is 85.1 Å². The van der Waals surface area contributed by atoms with E-state index in [4.69, 9.17) is 42.6 Å². The molecule has 0 aliphatic rings. The van der Waals surface area contributed by atoms with Gasteiger partial charge in [-0.25, -0.2) is 14.4 Å². The van der Waals surface area contributed by atoms with Crippen LogP contribution in [0, 0.1) is 0 Å². The van der Waals surface area contributed by atoms with Crippen molar-refractivity contribution in [3.05, 3.63) is 59.2 Å². The molecule has 0 amide bonds. The first kappa shape index (κ1) is 29.4. The monoisotopic (exact) mass is 556 g/mol. The van der Waals surface area contributed by atoms with Crippen molar-refractivity contribution in [2.45, 2.75) is 0 Å². The fourth-order valence-corrected chi connectivity index (χ4v) is 3.65. The summed E-state index contributed by atoms with van der Waals surface area (Å²) < 4.78 is 47.4. The smallest absolute Gasteiger partial charge is 0.343 e. The molecule has 0 spiro atoms. The van der Waals surface area contributed by atoms with E-state index in [1.807, 2.05) is 0 Å². The maximum Gasteiger partial charge on any atom is 0.343 e. The van der Waals surface area contributed by atoms with Gasteiger partial charge in [-0.3, -0.25) is 0 Å². The summed E-state index contributed by atoms with van der Waals surface area (Å²) in [5.41, 5.74) is -0.0197. The molecule has 0 heterocycles. The van der Waals surface area contributed by atoms with Crippen LogP contribution in [0.3, 0.4) is 0 Å². The van der Waals surface area contributed by atoms with Crippen LogP contribution in [0.1, 0.15) is 31.1 Å². The zero-order valence-electron chi connectivity index (χ0n) is 22.9. The van der Waals surface area contributed by atoms with Crippen molar-refractivity contribution in [2.75, 3.05) is 49.8 Å². The number of ether oxygens (including phenoxy) is 9. The number of methoxy groups -OCH3 is 7. The van der Waals surface area contributed by atoms with Gasteiger partial charge >= 0.3 is 17.9 Å². The summed E-state index contributed by atoms with van der Waals surface area (Å²) in [7, 11) is 9.64. The molecule has 0 N–H and O–H groups in total. The topological polar surface area (TPSA) is 134 Å². The second-order valence-corrected chi connectivity index (χ2v) is 7.76. The zero-order chi connectivity index (χ0) is 29.4. The fourth-order valence-electron chi connectivity index (χ4n) is 3.65. The quantitative estimate of drug-likeness (QED) is 0.250. The highest BCUT2D eigenvalue weighted by Crippen LogP contribution is 2.40. The Morgan fingerprint density at radius 2 is 0.900 bits per heavy atom. The molecule has 12 nitrogen and oxygen atoms in total. The number of carbonyl (C=O) groups is 3. The maximum atomic E-state index is 13.0. The summed E-state index contributed by atoms with van der Waals surface area (Å²) in [6.45, 7) is 0. The van der Waals surface area contributed by atoms with Crippen LogP contribution >= 0.6 is 0 Å². The highest BCUT2D eigenvalue weighted by atomic mass is 16.6. The first-order chi connectivity index (χ1) is 19.2. The highest BCUT2D eigenvalue weighted by molar-refractivity contribution is 5.98. The number of benzene rings is 3. The molecule has 0 aromatic heterocycles. The van der Waals surface area contributed by atoms with Crippen molar-refractivity contribution >= 4 is 17.9 Å². The van der Waals surface area contributed by atoms with Gasteiger partial charge in [0.15, 0.2) is 23.0 Å². The van der Waals surface area contributed by atoms with Crippen molar-refractivity contribution in [3.8, 4) is 46.0 Å². The summed E-state index contributed by atoms with van der Waals surface area (Å²) in [5.74, 6) is -1.06. The Hall–Kier alpha value is -5.13. The summed E-state index contributed by atoms with van der Waals surface area (Å²) in [5, 5.41) is 0. The molecule has 40 heavy (non-hydrogen) atoms. The summed E-state index contributed by atoms with van der Waals surface area (Å²) >= 11 is 0. The normalized spacial score (nSPS) is 10.2. The van der Waals surface area contributed by atoms with Crippen molar-refractivity contribution in [1.29, 1.82) is 0 Å². The van der Waals surface area contributed by atoms with E-state index in [2.05, 4.69) is 0 Å². The van der Waals surface area contributed by atoms with Gasteiger partial charge in [0.1, 0.15) is 17.1 Å². The van der Waals surface area contributed by atoms with Crippen LogP contribution in [-0.4, -0.2) is 67.7 Å². The lowest BCUT2D eigenvalue weighted by Crippen LogP contribution is -2.14. The molecular weight excluding hydrogens is 528 g/mol. The van der Waals surface area contributed by atoms with Gasteiger partial charge in [0.2, 0.25) is 11.5 Å². The maximum absolute atomic E-state index is 13.0. The lowest BCUT2D eigenvalue weighted by Gasteiger charge is -2.15. The third kappa shape index (κ3) is 6.12. The van der Waals surface area contributed by atoms with Gasteiger partial charge in [0.25, 0.3) is 0 Å². The summed E-state index contributed by atoms with van der Waals surface area (Å²) in [4.78, 5) is 38.4. The van der Waals surface area contributed by atoms with Gasteiger partial charge in [0.05, 0.1) is 60.9 Å². The predicted octanol–water partition coefficient (Wildman–Crippen LogP) is 3.96. The van der Waals surface area contributed by atoms with Gasteiger partial charge in [-0.15, -0.1) is 0 Å². The van der Waals surface area contributed by atoms with Crippen LogP contribution in [-0.2, 0) is 4.74 Å². The first-order valence-corrected chi connectivity index (χ1v) is 11.5. The van der Waals surface area contributed by atoms with E-state index in [9.17, 15) is 14.4 Å². The van der Waals surface area contributed by atoms with Crippen molar-refractivity contribution in [3.63, 3.8) is 0 Å². The number of esters is 3. The number of hydrogen-bond donors (Lipinski definition) is 0. The van der Waals surface area contributed by atoms with E-state index in [-0.39, 0.29) is 56.9 Å². The first-order valence-electron chi connectivity index (χ1n) is 11.5. The van der Waals surface area contributed by atoms with Crippen LogP contribution in [0.25, 0.3) is 0 Å². The molecular formula is C28H28O12. The largest absolute Gasteiger partial charge is 0.493 e. The van der Waals surface area contributed by atoms with E-state index in [0.717, 1.165) is 7.11 Å². The number of rotatable bonds is 11. The van der Waals surface area contributed by atoms with E-state index < -0.39 is 17.9 Å². The molecule has 12 heteroatoms. The van der Waals surface area contributed by atoms with Gasteiger partial charge in [-0.1, -0.05) is 0 Å². The Balaban J connectivity index is 1.92. The summed E-state index contributed by atoms with van der Waals surface area (Å²) in [6.07, 6.45) is 0. The molecule has 0 atom stereocenters. The molecule has 0 unspecified atom stereocenters. The molecule has 3 aromatic rings. The molecule has 0 radical (unpaired) electrons. The fraction of sp³-hybridized carbons (Fsp3) is 0.250. The predicted molar refractivity (Wildman–Crippen MR) is 140 cm³/mol. The van der Waals surface area contributed by atoms with Gasteiger partial charge in [-0.2, -0.15) is 0 Å². The molecule has 3 rings (SSSR count). The minimum atomic E-state index is -0.835. The van der Waals surface area contributed by atoms with Crippen molar-refractivity contribution in [2.24, 2.45) is 0 Å². The minimum Gasteiger partial charge on any atom is -0.493 e. The van der Waals surface area contributed by atoms with Crippen LogP contribution in [0.2, 0.25) is 0 Å². The molecule has 0 fully saturated rings. The van der Waals surface area contributed by atoms with Gasteiger partial charge in [0, 0.05) is 0 Å². The minimum absolute atomic E-state index is 0.0215. The van der Waals surface area contributed by atoms with Crippen molar-refractivity contribution in [1.82, 2.24) is 0 Å². The molecule has 3 aromatic carbocycles. The van der Waals surface area contributed by atoms with Gasteiger partial charge < -0.3 is 42.6 Å². The van der Waals surface area contributed by atoms with Gasteiger partial charge in [-0.05, 0) is 42.5 Å². The van der Waals surface area contributed by atoms with E-state index in [1.54, 1.807) is 0 Å². The highest BCUT2D eigenvalue weighted by Gasteiger charge is 2.23. The molecule has 0 aliphatic carbocycles. The second-order valence-electron chi connectivity index (χ2n) is 7.76. The molecule has 0 aliphatic heterocycles. The third-order valence-electron chi connectivity index (χ3n) is 5.57. The average molecular weight is 557 g/mol. The van der Waals surface area contributed by atoms with Crippen LogP contribution in [0.4, 0.5) is 0 Å².